The first kappa shape index (κ1) is 16.5. The molecule has 1 aromatic carbocycles. The number of hydrogen-bond donors (Lipinski definition) is 3. The Bertz CT molecular complexity index is 540. The van der Waals surface area contributed by atoms with E-state index < -0.39 is 16.1 Å². The summed E-state index contributed by atoms with van der Waals surface area (Å²) in [5.74, 6) is -0.185. The van der Waals surface area contributed by atoms with Crippen molar-refractivity contribution in [3.05, 3.63) is 29.8 Å². The highest BCUT2D eigenvalue weighted by Gasteiger charge is 2.11. The van der Waals surface area contributed by atoms with Gasteiger partial charge in [-0.15, -0.1) is 0 Å². The van der Waals surface area contributed by atoms with Crippen LogP contribution < -0.4 is 10.0 Å². The molecule has 0 aliphatic carbocycles. The Labute approximate surface area is 119 Å². The summed E-state index contributed by atoms with van der Waals surface area (Å²) in [6, 6.07) is 6.67. The van der Waals surface area contributed by atoms with Gasteiger partial charge in [0.15, 0.2) is 0 Å². The summed E-state index contributed by atoms with van der Waals surface area (Å²) in [6.07, 6.45) is 0.722. The van der Waals surface area contributed by atoms with Gasteiger partial charge in [-0.05, 0) is 31.0 Å². The van der Waals surface area contributed by atoms with Crippen molar-refractivity contribution in [2.24, 2.45) is 0 Å². The van der Waals surface area contributed by atoms with E-state index in [4.69, 9.17) is 0 Å². The molecule has 0 saturated heterocycles. The Balaban J connectivity index is 2.55. The Morgan fingerprint density at radius 2 is 1.90 bits per heavy atom. The lowest BCUT2D eigenvalue weighted by molar-refractivity contribution is -0.122. The van der Waals surface area contributed by atoms with Crippen molar-refractivity contribution >= 4 is 21.6 Å². The largest absolute Gasteiger partial charge is 0.392 e. The second-order valence-corrected chi connectivity index (χ2v) is 6.34. The smallest absolute Gasteiger partial charge is 0.229 e. The SMILES string of the molecule is CCNC(=O)CC(O)Cc1ccc(NS(C)(=O)=O)cc1. The first-order valence-corrected chi connectivity index (χ1v) is 8.21. The molecule has 1 amide bonds. The maximum absolute atomic E-state index is 11.3. The van der Waals surface area contributed by atoms with E-state index in [-0.39, 0.29) is 12.3 Å². The van der Waals surface area contributed by atoms with Gasteiger partial charge in [0, 0.05) is 12.2 Å². The lowest BCUT2D eigenvalue weighted by atomic mass is 10.1. The number of anilines is 1. The molecule has 0 fully saturated rings. The summed E-state index contributed by atoms with van der Waals surface area (Å²) in [5, 5.41) is 12.4. The topological polar surface area (TPSA) is 95.5 Å². The third-order valence-electron chi connectivity index (χ3n) is 2.52. The Morgan fingerprint density at radius 1 is 1.30 bits per heavy atom. The lowest BCUT2D eigenvalue weighted by Crippen LogP contribution is -2.27. The van der Waals surface area contributed by atoms with Gasteiger partial charge in [0.1, 0.15) is 0 Å². The fraction of sp³-hybridized carbons (Fsp3) is 0.462. The predicted molar refractivity (Wildman–Crippen MR) is 77.9 cm³/mol. The molecule has 7 heteroatoms. The zero-order valence-electron chi connectivity index (χ0n) is 11.6. The number of amides is 1. The van der Waals surface area contributed by atoms with Gasteiger partial charge < -0.3 is 10.4 Å². The molecule has 1 unspecified atom stereocenters. The van der Waals surface area contributed by atoms with Gasteiger partial charge in [0.05, 0.1) is 18.8 Å². The number of aliphatic hydroxyl groups is 1. The maximum Gasteiger partial charge on any atom is 0.229 e. The molecule has 0 saturated carbocycles. The highest BCUT2D eigenvalue weighted by molar-refractivity contribution is 7.92. The molecule has 0 heterocycles. The third-order valence-corrected chi connectivity index (χ3v) is 3.13. The molecule has 6 nitrogen and oxygen atoms in total. The van der Waals surface area contributed by atoms with Crippen LogP contribution in [0.2, 0.25) is 0 Å². The summed E-state index contributed by atoms with van der Waals surface area (Å²) in [5.41, 5.74) is 1.30. The van der Waals surface area contributed by atoms with Crippen molar-refractivity contribution < 1.29 is 18.3 Å². The minimum atomic E-state index is -3.29. The van der Waals surface area contributed by atoms with Crippen LogP contribution in [-0.2, 0) is 21.2 Å². The first-order valence-electron chi connectivity index (χ1n) is 6.31. The van der Waals surface area contributed by atoms with Crippen molar-refractivity contribution in [3.8, 4) is 0 Å². The fourth-order valence-electron chi connectivity index (χ4n) is 1.75. The molecule has 0 aromatic heterocycles. The highest BCUT2D eigenvalue weighted by Crippen LogP contribution is 2.13. The quantitative estimate of drug-likeness (QED) is 0.683. The second-order valence-electron chi connectivity index (χ2n) is 4.59. The van der Waals surface area contributed by atoms with Crippen LogP contribution in [0.3, 0.4) is 0 Å². The van der Waals surface area contributed by atoms with Crippen LogP contribution in [0.1, 0.15) is 18.9 Å². The third kappa shape index (κ3) is 6.53. The molecule has 0 spiro atoms. The number of benzene rings is 1. The van der Waals surface area contributed by atoms with Crippen LogP contribution in [0.4, 0.5) is 5.69 Å². The molecule has 3 N–H and O–H groups in total. The molecule has 112 valence electrons. The molecule has 1 aromatic rings. The molecule has 0 aliphatic heterocycles. The van der Waals surface area contributed by atoms with Gasteiger partial charge in [0.2, 0.25) is 15.9 Å². The van der Waals surface area contributed by atoms with Gasteiger partial charge in [-0.1, -0.05) is 12.1 Å². The molecule has 20 heavy (non-hydrogen) atoms. The fourth-order valence-corrected chi connectivity index (χ4v) is 2.31. The standard InChI is InChI=1S/C13H20N2O4S/c1-3-14-13(17)9-12(16)8-10-4-6-11(7-5-10)15-20(2,18)19/h4-7,12,15-16H,3,8-9H2,1-2H3,(H,14,17). The lowest BCUT2D eigenvalue weighted by Gasteiger charge is -2.11. The van der Waals surface area contributed by atoms with Crippen LogP contribution >= 0.6 is 0 Å². The van der Waals surface area contributed by atoms with E-state index in [2.05, 4.69) is 10.0 Å². The van der Waals surface area contributed by atoms with Crippen molar-refractivity contribution in [2.75, 3.05) is 17.5 Å². The summed E-state index contributed by atoms with van der Waals surface area (Å²) in [7, 11) is -3.29. The van der Waals surface area contributed by atoms with Crippen molar-refractivity contribution in [1.82, 2.24) is 5.32 Å². The number of sulfonamides is 1. The van der Waals surface area contributed by atoms with E-state index in [0.29, 0.717) is 18.7 Å². The van der Waals surface area contributed by atoms with E-state index in [1.165, 1.54) is 0 Å². The summed E-state index contributed by atoms with van der Waals surface area (Å²) >= 11 is 0. The van der Waals surface area contributed by atoms with Crippen molar-refractivity contribution in [2.45, 2.75) is 25.9 Å². The van der Waals surface area contributed by atoms with Gasteiger partial charge >= 0.3 is 0 Å². The number of rotatable bonds is 7. The normalized spacial score (nSPS) is 12.8. The maximum atomic E-state index is 11.3. The van der Waals surface area contributed by atoms with E-state index in [1.54, 1.807) is 24.3 Å². The zero-order valence-corrected chi connectivity index (χ0v) is 12.4. The number of carbonyl (C=O) groups is 1. The molecule has 1 rings (SSSR count). The van der Waals surface area contributed by atoms with Crippen molar-refractivity contribution in [3.63, 3.8) is 0 Å². The van der Waals surface area contributed by atoms with Gasteiger partial charge in [-0.3, -0.25) is 9.52 Å². The summed E-state index contributed by atoms with van der Waals surface area (Å²) in [6.45, 7) is 2.36. The zero-order chi connectivity index (χ0) is 15.2. The Hall–Kier alpha value is -1.60. The molecule has 0 bridgehead atoms. The average Bonchev–Trinajstić information content (AvgIpc) is 2.30. The number of carbonyl (C=O) groups excluding carboxylic acids is 1. The molecular weight excluding hydrogens is 280 g/mol. The summed E-state index contributed by atoms with van der Waals surface area (Å²) < 4.78 is 24.5. The number of aliphatic hydroxyl groups excluding tert-OH is 1. The van der Waals surface area contributed by atoms with Gasteiger partial charge in [-0.25, -0.2) is 8.42 Å². The molecule has 0 radical (unpaired) electrons. The Morgan fingerprint density at radius 3 is 2.40 bits per heavy atom. The minimum Gasteiger partial charge on any atom is -0.392 e. The average molecular weight is 300 g/mol. The molecule has 1 atom stereocenters. The van der Waals surface area contributed by atoms with Crippen LogP contribution in [0.15, 0.2) is 24.3 Å². The van der Waals surface area contributed by atoms with Crippen LogP contribution in [0.25, 0.3) is 0 Å². The van der Waals surface area contributed by atoms with Crippen LogP contribution in [0.5, 0.6) is 0 Å². The summed E-state index contributed by atoms with van der Waals surface area (Å²) in [4.78, 5) is 11.3. The Kier molecular flexibility index (Phi) is 5.97. The second kappa shape index (κ2) is 7.25. The van der Waals surface area contributed by atoms with Crippen molar-refractivity contribution in [1.29, 1.82) is 0 Å². The van der Waals surface area contributed by atoms with Gasteiger partial charge in [0.25, 0.3) is 0 Å². The molecule has 0 aliphatic rings. The monoisotopic (exact) mass is 300 g/mol. The minimum absolute atomic E-state index is 0.0528. The van der Waals surface area contributed by atoms with E-state index in [1.807, 2.05) is 6.92 Å². The van der Waals surface area contributed by atoms with E-state index >= 15 is 0 Å². The highest BCUT2D eigenvalue weighted by atomic mass is 32.2. The van der Waals surface area contributed by atoms with Crippen LogP contribution in [0, 0.1) is 0 Å². The van der Waals surface area contributed by atoms with Crippen LogP contribution in [-0.4, -0.2) is 38.3 Å². The first-order chi connectivity index (χ1) is 9.30. The van der Waals surface area contributed by atoms with E-state index in [0.717, 1.165) is 11.8 Å². The molecular formula is C13H20N2O4S. The van der Waals surface area contributed by atoms with Gasteiger partial charge in [-0.2, -0.15) is 0 Å². The number of nitrogens with one attached hydrogen (secondary N) is 2. The number of hydrogen-bond acceptors (Lipinski definition) is 4. The predicted octanol–water partition coefficient (Wildman–Crippen LogP) is 0.488. The van der Waals surface area contributed by atoms with E-state index in [9.17, 15) is 18.3 Å².